The molecule has 1 unspecified atom stereocenters. The van der Waals surface area contributed by atoms with E-state index in [4.69, 9.17) is 10.5 Å². The fourth-order valence-corrected chi connectivity index (χ4v) is 1.78. The van der Waals surface area contributed by atoms with Gasteiger partial charge in [-0.05, 0) is 37.3 Å². The zero-order valence-corrected chi connectivity index (χ0v) is 10.1. The first-order chi connectivity index (χ1) is 7.79. The molecular formula is C13H22N2O. The summed E-state index contributed by atoms with van der Waals surface area (Å²) in [7, 11) is 0. The van der Waals surface area contributed by atoms with Crippen LogP contribution in [0.4, 0.5) is 0 Å². The Morgan fingerprint density at radius 2 is 2.38 bits per heavy atom. The summed E-state index contributed by atoms with van der Waals surface area (Å²) in [6, 6.07) is 4.46. The van der Waals surface area contributed by atoms with Gasteiger partial charge in [0.15, 0.2) is 0 Å². The van der Waals surface area contributed by atoms with E-state index in [-0.39, 0.29) is 6.04 Å². The summed E-state index contributed by atoms with van der Waals surface area (Å²) >= 11 is 0. The van der Waals surface area contributed by atoms with E-state index >= 15 is 0 Å². The molecule has 1 aromatic heterocycles. The second-order valence-electron chi connectivity index (χ2n) is 4.79. The molecule has 0 aromatic carbocycles. The lowest BCUT2D eigenvalue weighted by Gasteiger charge is -2.13. The van der Waals surface area contributed by atoms with Gasteiger partial charge < -0.3 is 15.0 Å². The average Bonchev–Trinajstić information content (AvgIpc) is 3.00. The number of nitrogens with two attached hydrogens (primary N) is 1. The van der Waals surface area contributed by atoms with Gasteiger partial charge in [-0.1, -0.05) is 6.92 Å². The SMILES string of the molecule is CCC(N)Cc1cccn1COCC1CC1. The maximum Gasteiger partial charge on any atom is 0.122 e. The minimum atomic E-state index is 0.261. The zero-order chi connectivity index (χ0) is 11.4. The second-order valence-corrected chi connectivity index (χ2v) is 4.79. The van der Waals surface area contributed by atoms with Crippen LogP contribution in [0.15, 0.2) is 18.3 Å². The van der Waals surface area contributed by atoms with Crippen LogP contribution in [0.25, 0.3) is 0 Å². The van der Waals surface area contributed by atoms with E-state index in [0.717, 1.165) is 25.4 Å². The van der Waals surface area contributed by atoms with E-state index in [9.17, 15) is 0 Å². The highest BCUT2D eigenvalue weighted by Gasteiger charge is 2.21. The van der Waals surface area contributed by atoms with Crippen LogP contribution in [-0.4, -0.2) is 17.2 Å². The molecule has 2 N–H and O–H groups in total. The van der Waals surface area contributed by atoms with Crippen molar-refractivity contribution in [3.8, 4) is 0 Å². The van der Waals surface area contributed by atoms with E-state index in [1.807, 2.05) is 0 Å². The Hall–Kier alpha value is -0.800. The Morgan fingerprint density at radius 1 is 1.56 bits per heavy atom. The average molecular weight is 222 g/mol. The molecule has 1 aliphatic carbocycles. The number of ether oxygens (including phenoxy) is 1. The molecular weight excluding hydrogens is 200 g/mol. The number of hydrogen-bond acceptors (Lipinski definition) is 2. The monoisotopic (exact) mass is 222 g/mol. The topological polar surface area (TPSA) is 40.2 Å². The van der Waals surface area contributed by atoms with Gasteiger partial charge in [0.2, 0.25) is 0 Å². The third kappa shape index (κ3) is 3.35. The highest BCUT2D eigenvalue weighted by Crippen LogP contribution is 2.28. The third-order valence-electron chi connectivity index (χ3n) is 3.20. The standard InChI is InChI=1S/C13H22N2O/c1-2-12(14)8-13-4-3-7-15(13)10-16-9-11-5-6-11/h3-4,7,11-12H,2,5-6,8-10,14H2,1H3. The number of rotatable bonds is 7. The maximum atomic E-state index is 5.97. The van der Waals surface area contributed by atoms with E-state index in [1.165, 1.54) is 18.5 Å². The van der Waals surface area contributed by atoms with Gasteiger partial charge in [-0.3, -0.25) is 0 Å². The molecule has 90 valence electrons. The Bertz CT molecular complexity index is 317. The molecule has 16 heavy (non-hydrogen) atoms. The molecule has 0 spiro atoms. The molecule has 1 atom stereocenters. The van der Waals surface area contributed by atoms with Crippen LogP contribution >= 0.6 is 0 Å². The van der Waals surface area contributed by atoms with Gasteiger partial charge >= 0.3 is 0 Å². The first-order valence-electron chi connectivity index (χ1n) is 6.27. The van der Waals surface area contributed by atoms with Crippen molar-refractivity contribution in [1.29, 1.82) is 0 Å². The Kier molecular flexibility index (Phi) is 4.02. The molecule has 0 bridgehead atoms. The van der Waals surface area contributed by atoms with Crippen molar-refractivity contribution in [1.82, 2.24) is 4.57 Å². The van der Waals surface area contributed by atoms with Gasteiger partial charge in [0.05, 0.1) is 6.61 Å². The van der Waals surface area contributed by atoms with Crippen LogP contribution in [0.2, 0.25) is 0 Å². The molecule has 0 radical (unpaired) electrons. The summed E-state index contributed by atoms with van der Waals surface area (Å²) in [6.45, 7) is 3.72. The lowest BCUT2D eigenvalue weighted by atomic mass is 10.1. The molecule has 1 aromatic rings. The lowest BCUT2D eigenvalue weighted by Crippen LogP contribution is -2.23. The normalized spacial score (nSPS) is 17.6. The zero-order valence-electron chi connectivity index (χ0n) is 10.1. The fourth-order valence-electron chi connectivity index (χ4n) is 1.78. The summed E-state index contributed by atoms with van der Waals surface area (Å²) in [5.41, 5.74) is 7.25. The molecule has 3 nitrogen and oxygen atoms in total. The predicted molar refractivity (Wildman–Crippen MR) is 65.1 cm³/mol. The van der Waals surface area contributed by atoms with Crippen LogP contribution in [0.3, 0.4) is 0 Å². The lowest BCUT2D eigenvalue weighted by molar-refractivity contribution is 0.0674. The molecule has 0 aliphatic heterocycles. The van der Waals surface area contributed by atoms with Crippen molar-refractivity contribution < 1.29 is 4.74 Å². The summed E-state index contributed by atoms with van der Waals surface area (Å²) < 4.78 is 7.84. The van der Waals surface area contributed by atoms with Gasteiger partial charge in [0.25, 0.3) is 0 Å². The van der Waals surface area contributed by atoms with E-state index in [1.54, 1.807) is 0 Å². The minimum absolute atomic E-state index is 0.261. The summed E-state index contributed by atoms with van der Waals surface area (Å²) in [5.74, 6) is 0.830. The third-order valence-corrected chi connectivity index (χ3v) is 3.20. The van der Waals surface area contributed by atoms with Crippen molar-refractivity contribution in [2.45, 2.75) is 45.4 Å². The van der Waals surface area contributed by atoms with Gasteiger partial charge in [-0.25, -0.2) is 0 Å². The summed E-state index contributed by atoms with van der Waals surface area (Å²) in [6.07, 6.45) is 6.73. The van der Waals surface area contributed by atoms with Crippen LogP contribution in [-0.2, 0) is 17.9 Å². The van der Waals surface area contributed by atoms with E-state index in [2.05, 4.69) is 29.8 Å². The molecule has 1 heterocycles. The van der Waals surface area contributed by atoms with Crippen molar-refractivity contribution in [2.24, 2.45) is 11.7 Å². The van der Waals surface area contributed by atoms with Gasteiger partial charge in [-0.15, -0.1) is 0 Å². The predicted octanol–water partition coefficient (Wildman–Crippen LogP) is 2.15. The van der Waals surface area contributed by atoms with Crippen molar-refractivity contribution in [3.63, 3.8) is 0 Å². The first kappa shape index (κ1) is 11.7. The van der Waals surface area contributed by atoms with E-state index in [0.29, 0.717) is 6.73 Å². The largest absolute Gasteiger partial charge is 0.361 e. The maximum absolute atomic E-state index is 5.97. The van der Waals surface area contributed by atoms with Crippen LogP contribution in [0.1, 0.15) is 31.9 Å². The van der Waals surface area contributed by atoms with Gasteiger partial charge in [0.1, 0.15) is 6.73 Å². The molecule has 0 amide bonds. The van der Waals surface area contributed by atoms with Crippen LogP contribution in [0.5, 0.6) is 0 Å². The van der Waals surface area contributed by atoms with E-state index < -0.39 is 0 Å². The minimum Gasteiger partial charge on any atom is -0.361 e. The Balaban J connectivity index is 1.80. The van der Waals surface area contributed by atoms with Crippen molar-refractivity contribution in [3.05, 3.63) is 24.0 Å². The smallest absolute Gasteiger partial charge is 0.122 e. The van der Waals surface area contributed by atoms with Crippen molar-refractivity contribution in [2.75, 3.05) is 6.61 Å². The number of aromatic nitrogens is 1. The van der Waals surface area contributed by atoms with Crippen molar-refractivity contribution >= 4 is 0 Å². The Labute approximate surface area is 97.6 Å². The van der Waals surface area contributed by atoms with Crippen LogP contribution in [0, 0.1) is 5.92 Å². The number of nitrogens with zero attached hydrogens (tertiary/aromatic N) is 1. The summed E-state index contributed by atoms with van der Waals surface area (Å²) in [4.78, 5) is 0. The van der Waals surface area contributed by atoms with Gasteiger partial charge in [-0.2, -0.15) is 0 Å². The number of hydrogen-bond donors (Lipinski definition) is 1. The fraction of sp³-hybridized carbons (Fsp3) is 0.692. The quantitative estimate of drug-likeness (QED) is 0.768. The van der Waals surface area contributed by atoms with Crippen LogP contribution < -0.4 is 5.73 Å². The summed E-state index contributed by atoms with van der Waals surface area (Å²) in [5, 5.41) is 0. The molecule has 1 aliphatic rings. The second kappa shape index (κ2) is 5.51. The molecule has 0 saturated heterocycles. The highest BCUT2D eigenvalue weighted by molar-refractivity contribution is 5.08. The molecule has 2 rings (SSSR count). The molecule has 1 fully saturated rings. The Morgan fingerprint density at radius 3 is 3.06 bits per heavy atom. The first-order valence-corrected chi connectivity index (χ1v) is 6.27. The molecule has 3 heteroatoms. The molecule has 1 saturated carbocycles. The van der Waals surface area contributed by atoms with Gasteiger partial charge in [0, 0.05) is 24.4 Å². The highest BCUT2D eigenvalue weighted by atomic mass is 16.5.